The molecule has 16 heavy (non-hydrogen) atoms. The maximum Gasteiger partial charge on any atom is 0.185 e. The van der Waals surface area contributed by atoms with Gasteiger partial charge in [-0.25, -0.2) is 4.98 Å². The molecule has 1 heterocycles. The molecule has 1 rings (SSSR count). The highest BCUT2D eigenvalue weighted by molar-refractivity contribution is 7.13. The molecule has 0 radical (unpaired) electrons. The smallest absolute Gasteiger partial charge is 0.185 e. The van der Waals surface area contributed by atoms with Gasteiger partial charge >= 0.3 is 0 Å². The van der Waals surface area contributed by atoms with Crippen molar-refractivity contribution in [2.45, 2.75) is 46.7 Å². The standard InChI is InChI=1S/C12H23N3S/c1-8(13)10-7-16-11(14-10)15(6)9(2)12(3,4)5/h7-9H,13H2,1-6H3. The molecule has 0 spiro atoms. The highest BCUT2D eigenvalue weighted by Crippen LogP contribution is 2.30. The summed E-state index contributed by atoms with van der Waals surface area (Å²) < 4.78 is 0. The maximum atomic E-state index is 5.81. The predicted octanol–water partition coefficient (Wildman–Crippen LogP) is 3.03. The van der Waals surface area contributed by atoms with Gasteiger partial charge in [-0.3, -0.25) is 0 Å². The summed E-state index contributed by atoms with van der Waals surface area (Å²) >= 11 is 1.67. The number of thiazole rings is 1. The van der Waals surface area contributed by atoms with Crippen molar-refractivity contribution in [3.05, 3.63) is 11.1 Å². The lowest BCUT2D eigenvalue weighted by molar-refractivity contribution is 0.329. The largest absolute Gasteiger partial charge is 0.348 e. The first-order valence-electron chi connectivity index (χ1n) is 5.67. The zero-order valence-corrected chi connectivity index (χ0v) is 11.9. The van der Waals surface area contributed by atoms with E-state index in [1.165, 1.54) is 0 Å². The summed E-state index contributed by atoms with van der Waals surface area (Å²) in [4.78, 5) is 6.80. The Morgan fingerprint density at radius 1 is 1.38 bits per heavy atom. The molecular weight excluding hydrogens is 218 g/mol. The Bertz CT molecular complexity index is 338. The fourth-order valence-electron chi connectivity index (χ4n) is 1.39. The summed E-state index contributed by atoms with van der Waals surface area (Å²) in [6, 6.07) is 0.461. The second kappa shape index (κ2) is 4.72. The maximum absolute atomic E-state index is 5.81. The van der Waals surface area contributed by atoms with E-state index in [-0.39, 0.29) is 11.5 Å². The van der Waals surface area contributed by atoms with Crippen LogP contribution in [0.25, 0.3) is 0 Å². The third kappa shape index (κ3) is 2.95. The molecule has 1 aromatic rings. The summed E-state index contributed by atoms with van der Waals surface area (Å²) in [5.41, 5.74) is 7.04. The first-order valence-corrected chi connectivity index (χ1v) is 6.55. The van der Waals surface area contributed by atoms with Gasteiger partial charge < -0.3 is 10.6 Å². The van der Waals surface area contributed by atoms with Crippen LogP contribution in [0.15, 0.2) is 5.38 Å². The Morgan fingerprint density at radius 3 is 2.31 bits per heavy atom. The zero-order chi connectivity index (χ0) is 12.5. The van der Waals surface area contributed by atoms with E-state index < -0.39 is 0 Å². The molecule has 0 aliphatic rings. The monoisotopic (exact) mass is 241 g/mol. The molecule has 0 bridgehead atoms. The van der Waals surface area contributed by atoms with Crippen LogP contribution in [0.1, 0.15) is 46.4 Å². The number of hydrogen-bond donors (Lipinski definition) is 1. The second-order valence-corrected chi connectivity index (χ2v) is 6.33. The van der Waals surface area contributed by atoms with Gasteiger partial charge in [0.1, 0.15) is 0 Å². The number of anilines is 1. The van der Waals surface area contributed by atoms with Gasteiger partial charge in [0.25, 0.3) is 0 Å². The lowest BCUT2D eigenvalue weighted by Crippen LogP contribution is -2.39. The Labute approximate surface area is 103 Å². The lowest BCUT2D eigenvalue weighted by atomic mass is 9.87. The van der Waals surface area contributed by atoms with Crippen molar-refractivity contribution in [2.24, 2.45) is 11.1 Å². The van der Waals surface area contributed by atoms with E-state index in [0.717, 1.165) is 10.8 Å². The molecule has 0 aliphatic carbocycles. The average molecular weight is 241 g/mol. The SMILES string of the molecule is CC(N)c1csc(N(C)C(C)C(C)(C)C)n1. The van der Waals surface area contributed by atoms with Crippen LogP contribution in [-0.2, 0) is 0 Å². The summed E-state index contributed by atoms with van der Waals surface area (Å²) in [7, 11) is 2.10. The van der Waals surface area contributed by atoms with Crippen LogP contribution in [0.2, 0.25) is 0 Å². The van der Waals surface area contributed by atoms with Crippen LogP contribution >= 0.6 is 11.3 Å². The van der Waals surface area contributed by atoms with Crippen molar-refractivity contribution in [1.82, 2.24) is 4.98 Å². The van der Waals surface area contributed by atoms with E-state index >= 15 is 0 Å². The van der Waals surface area contributed by atoms with Gasteiger partial charge in [0.2, 0.25) is 0 Å². The highest BCUT2D eigenvalue weighted by Gasteiger charge is 2.25. The molecule has 2 atom stereocenters. The normalized spacial score (nSPS) is 15.9. The Morgan fingerprint density at radius 2 is 1.94 bits per heavy atom. The molecule has 1 aromatic heterocycles. The molecule has 92 valence electrons. The van der Waals surface area contributed by atoms with Crippen molar-refractivity contribution in [2.75, 3.05) is 11.9 Å². The van der Waals surface area contributed by atoms with E-state index in [0.29, 0.717) is 6.04 Å². The van der Waals surface area contributed by atoms with E-state index in [4.69, 9.17) is 5.73 Å². The fraction of sp³-hybridized carbons (Fsp3) is 0.750. The highest BCUT2D eigenvalue weighted by atomic mass is 32.1. The van der Waals surface area contributed by atoms with E-state index in [1.54, 1.807) is 11.3 Å². The summed E-state index contributed by atoms with van der Waals surface area (Å²) in [6.45, 7) is 10.9. The Balaban J connectivity index is 2.84. The molecule has 3 nitrogen and oxygen atoms in total. The van der Waals surface area contributed by atoms with Crippen molar-refractivity contribution < 1.29 is 0 Å². The molecule has 0 saturated heterocycles. The molecule has 0 saturated carbocycles. The molecule has 0 aliphatic heterocycles. The van der Waals surface area contributed by atoms with Crippen molar-refractivity contribution >= 4 is 16.5 Å². The van der Waals surface area contributed by atoms with Crippen LogP contribution < -0.4 is 10.6 Å². The average Bonchev–Trinajstić information content (AvgIpc) is 2.62. The first kappa shape index (κ1) is 13.5. The summed E-state index contributed by atoms with van der Waals surface area (Å²) in [5, 5.41) is 3.10. The van der Waals surface area contributed by atoms with Crippen molar-refractivity contribution in [3.63, 3.8) is 0 Å². The molecule has 0 fully saturated rings. The second-order valence-electron chi connectivity index (χ2n) is 5.50. The third-order valence-corrected chi connectivity index (χ3v) is 4.06. The van der Waals surface area contributed by atoms with E-state index in [1.807, 2.05) is 12.3 Å². The minimum atomic E-state index is 0.0170. The molecule has 0 aromatic carbocycles. The van der Waals surface area contributed by atoms with E-state index in [2.05, 4.69) is 44.6 Å². The minimum absolute atomic E-state index is 0.0170. The van der Waals surface area contributed by atoms with E-state index in [9.17, 15) is 0 Å². The van der Waals surface area contributed by atoms with Crippen LogP contribution in [0.3, 0.4) is 0 Å². The predicted molar refractivity (Wildman–Crippen MR) is 72.0 cm³/mol. The van der Waals surface area contributed by atoms with Gasteiger partial charge in [-0.1, -0.05) is 20.8 Å². The fourth-order valence-corrected chi connectivity index (χ4v) is 2.37. The van der Waals surface area contributed by atoms with Crippen LogP contribution in [0.5, 0.6) is 0 Å². The number of nitrogens with two attached hydrogens (primary N) is 1. The minimum Gasteiger partial charge on any atom is -0.348 e. The molecule has 4 heteroatoms. The molecular formula is C12H23N3S. The van der Waals surface area contributed by atoms with Gasteiger partial charge in [-0.15, -0.1) is 11.3 Å². The van der Waals surface area contributed by atoms with Crippen LogP contribution in [0.4, 0.5) is 5.13 Å². The molecule has 2 unspecified atom stereocenters. The first-order chi connectivity index (χ1) is 7.23. The summed E-state index contributed by atoms with van der Waals surface area (Å²) in [6.07, 6.45) is 0. The summed E-state index contributed by atoms with van der Waals surface area (Å²) in [5.74, 6) is 0. The topological polar surface area (TPSA) is 42.1 Å². The lowest BCUT2D eigenvalue weighted by Gasteiger charge is -2.35. The third-order valence-electron chi connectivity index (χ3n) is 3.11. The van der Waals surface area contributed by atoms with Gasteiger partial charge in [-0.2, -0.15) is 0 Å². The molecule has 0 amide bonds. The molecule has 2 N–H and O–H groups in total. The zero-order valence-electron chi connectivity index (χ0n) is 11.1. The van der Waals surface area contributed by atoms with Gasteiger partial charge in [-0.05, 0) is 19.3 Å². The number of nitrogens with zero attached hydrogens (tertiary/aromatic N) is 2. The van der Waals surface area contributed by atoms with Gasteiger partial charge in [0.15, 0.2) is 5.13 Å². The van der Waals surface area contributed by atoms with Gasteiger partial charge in [0.05, 0.1) is 5.69 Å². The number of hydrogen-bond acceptors (Lipinski definition) is 4. The van der Waals surface area contributed by atoms with Crippen molar-refractivity contribution in [3.8, 4) is 0 Å². The quantitative estimate of drug-likeness (QED) is 0.884. The number of aromatic nitrogens is 1. The van der Waals surface area contributed by atoms with Crippen LogP contribution in [0, 0.1) is 5.41 Å². The number of rotatable bonds is 3. The van der Waals surface area contributed by atoms with Crippen molar-refractivity contribution in [1.29, 1.82) is 0 Å². The Hall–Kier alpha value is -0.610. The Kier molecular flexibility index (Phi) is 3.97. The van der Waals surface area contributed by atoms with Crippen LogP contribution in [-0.4, -0.2) is 18.1 Å². The van der Waals surface area contributed by atoms with Gasteiger partial charge in [0, 0.05) is 24.5 Å².